The van der Waals surface area contributed by atoms with Crippen LogP contribution in [0.1, 0.15) is 41.6 Å². The molecule has 2 aromatic rings. The highest BCUT2D eigenvalue weighted by Crippen LogP contribution is 2.21. The molecule has 27 heavy (non-hydrogen) atoms. The Hall–Kier alpha value is -2.83. The van der Waals surface area contributed by atoms with Crippen LogP contribution in [0.3, 0.4) is 0 Å². The smallest absolute Gasteiger partial charge is 0.253 e. The van der Waals surface area contributed by atoms with Crippen LogP contribution in [0.5, 0.6) is 5.75 Å². The number of rotatable bonds is 6. The molecule has 3 rings (SSSR count). The van der Waals surface area contributed by atoms with E-state index < -0.39 is 0 Å². The zero-order chi connectivity index (χ0) is 19.2. The molecular formula is C20H25N3O4. The molecule has 7 heteroatoms. The van der Waals surface area contributed by atoms with E-state index in [9.17, 15) is 9.59 Å². The zero-order valence-electron chi connectivity index (χ0n) is 15.7. The van der Waals surface area contributed by atoms with Crippen LogP contribution in [0.15, 0.2) is 34.9 Å². The van der Waals surface area contributed by atoms with Gasteiger partial charge in [-0.05, 0) is 37.5 Å². The Morgan fingerprint density at radius 3 is 2.74 bits per heavy atom. The van der Waals surface area contributed by atoms with Crippen LogP contribution in [0.2, 0.25) is 0 Å². The molecule has 0 radical (unpaired) electrons. The van der Waals surface area contributed by atoms with E-state index in [2.05, 4.69) is 10.5 Å². The van der Waals surface area contributed by atoms with Crippen molar-refractivity contribution in [1.29, 1.82) is 0 Å². The SMILES string of the molecule is CCc1cc(CNC(=O)C2CCN(C(=O)c3cccc(OC)c3)CC2)on1. The third kappa shape index (κ3) is 4.67. The molecule has 0 atom stereocenters. The highest BCUT2D eigenvalue weighted by Gasteiger charge is 2.28. The monoisotopic (exact) mass is 371 g/mol. The summed E-state index contributed by atoms with van der Waals surface area (Å²) in [6.07, 6.45) is 2.10. The molecular weight excluding hydrogens is 346 g/mol. The van der Waals surface area contributed by atoms with Gasteiger partial charge in [0.25, 0.3) is 5.91 Å². The minimum absolute atomic E-state index is 0.00192. The quantitative estimate of drug-likeness (QED) is 0.843. The van der Waals surface area contributed by atoms with Gasteiger partial charge >= 0.3 is 0 Å². The van der Waals surface area contributed by atoms with Crippen LogP contribution in [-0.2, 0) is 17.8 Å². The molecule has 1 aromatic carbocycles. The maximum Gasteiger partial charge on any atom is 0.253 e. The van der Waals surface area contributed by atoms with Crippen LogP contribution < -0.4 is 10.1 Å². The van der Waals surface area contributed by atoms with Gasteiger partial charge in [0, 0.05) is 30.6 Å². The predicted octanol–water partition coefficient (Wildman–Crippen LogP) is 2.41. The lowest BCUT2D eigenvalue weighted by molar-refractivity contribution is -0.126. The number of aromatic nitrogens is 1. The maximum atomic E-state index is 12.6. The van der Waals surface area contributed by atoms with Crippen LogP contribution in [-0.4, -0.2) is 42.1 Å². The Morgan fingerprint density at radius 1 is 1.30 bits per heavy atom. The van der Waals surface area contributed by atoms with Crippen molar-refractivity contribution in [3.8, 4) is 5.75 Å². The summed E-state index contributed by atoms with van der Waals surface area (Å²) in [6.45, 7) is 3.47. The summed E-state index contributed by atoms with van der Waals surface area (Å²) < 4.78 is 10.4. The van der Waals surface area contributed by atoms with Crippen LogP contribution in [0.4, 0.5) is 0 Å². The second kappa shape index (κ2) is 8.70. The van der Waals surface area contributed by atoms with Crippen LogP contribution in [0.25, 0.3) is 0 Å². The third-order valence-corrected chi connectivity index (χ3v) is 4.88. The molecule has 0 aliphatic carbocycles. The van der Waals surface area contributed by atoms with Gasteiger partial charge in [0.1, 0.15) is 5.75 Å². The number of carbonyl (C=O) groups excluding carboxylic acids is 2. The molecule has 0 unspecified atom stereocenters. The van der Waals surface area contributed by atoms with E-state index in [1.807, 2.05) is 19.1 Å². The molecule has 2 amide bonds. The Morgan fingerprint density at radius 2 is 2.07 bits per heavy atom. The summed E-state index contributed by atoms with van der Waals surface area (Å²) in [6, 6.07) is 9.00. The van der Waals surface area contributed by atoms with Crippen molar-refractivity contribution in [2.24, 2.45) is 5.92 Å². The minimum Gasteiger partial charge on any atom is -0.497 e. The lowest BCUT2D eigenvalue weighted by Gasteiger charge is -2.31. The number of hydrogen-bond donors (Lipinski definition) is 1. The number of methoxy groups -OCH3 is 1. The molecule has 2 heterocycles. The number of hydrogen-bond acceptors (Lipinski definition) is 5. The van der Waals surface area contributed by atoms with Crippen molar-refractivity contribution in [2.75, 3.05) is 20.2 Å². The van der Waals surface area contributed by atoms with Gasteiger partial charge in [-0.1, -0.05) is 18.1 Å². The Labute approximate surface area is 158 Å². The van der Waals surface area contributed by atoms with Crippen LogP contribution >= 0.6 is 0 Å². The number of nitrogens with zero attached hydrogens (tertiary/aromatic N) is 2. The third-order valence-electron chi connectivity index (χ3n) is 4.88. The van der Waals surface area contributed by atoms with Crippen LogP contribution in [0, 0.1) is 5.92 Å². The second-order valence-electron chi connectivity index (χ2n) is 6.65. The summed E-state index contributed by atoms with van der Waals surface area (Å²) in [7, 11) is 1.58. The fourth-order valence-corrected chi connectivity index (χ4v) is 3.21. The van der Waals surface area contributed by atoms with Gasteiger partial charge in [0.2, 0.25) is 5.91 Å². The normalized spacial score (nSPS) is 14.8. The summed E-state index contributed by atoms with van der Waals surface area (Å²) in [5.74, 6) is 1.20. The number of aryl methyl sites for hydroxylation is 1. The molecule has 7 nitrogen and oxygen atoms in total. The van der Waals surface area contributed by atoms with Crippen molar-refractivity contribution >= 4 is 11.8 Å². The molecule has 144 valence electrons. The molecule has 1 aromatic heterocycles. The number of piperidine rings is 1. The van der Waals surface area contributed by atoms with Gasteiger partial charge in [-0.25, -0.2) is 0 Å². The number of amides is 2. The Kier molecular flexibility index (Phi) is 6.11. The van der Waals surface area contributed by atoms with Gasteiger partial charge in [0.15, 0.2) is 5.76 Å². The molecule has 0 bridgehead atoms. The first-order chi connectivity index (χ1) is 13.1. The lowest BCUT2D eigenvalue weighted by atomic mass is 9.95. The highest BCUT2D eigenvalue weighted by atomic mass is 16.5. The standard InChI is InChI=1S/C20H25N3O4/c1-3-16-12-18(27-22-16)13-21-19(24)14-7-9-23(10-8-14)20(25)15-5-4-6-17(11-15)26-2/h4-6,11-12,14H,3,7-10,13H2,1-2H3,(H,21,24). The van der Waals surface area contributed by atoms with Gasteiger partial charge in [0.05, 0.1) is 19.3 Å². The minimum atomic E-state index is -0.0899. The Balaban J connectivity index is 1.48. The summed E-state index contributed by atoms with van der Waals surface area (Å²) in [4.78, 5) is 26.8. The fourth-order valence-electron chi connectivity index (χ4n) is 3.21. The maximum absolute atomic E-state index is 12.6. The zero-order valence-corrected chi connectivity index (χ0v) is 15.7. The predicted molar refractivity (Wildman–Crippen MR) is 99.3 cm³/mol. The largest absolute Gasteiger partial charge is 0.497 e. The molecule has 1 aliphatic rings. The van der Waals surface area contributed by atoms with Crippen molar-refractivity contribution in [3.63, 3.8) is 0 Å². The topological polar surface area (TPSA) is 84.7 Å². The van der Waals surface area contributed by atoms with E-state index in [4.69, 9.17) is 9.26 Å². The van der Waals surface area contributed by atoms with Crippen molar-refractivity contribution in [2.45, 2.75) is 32.7 Å². The van der Waals surface area contributed by atoms with E-state index in [1.165, 1.54) is 0 Å². The van der Waals surface area contributed by atoms with Gasteiger partial charge in [-0.3, -0.25) is 9.59 Å². The lowest BCUT2D eigenvalue weighted by Crippen LogP contribution is -2.42. The van der Waals surface area contributed by atoms with E-state index >= 15 is 0 Å². The number of nitrogens with one attached hydrogen (secondary N) is 1. The molecule has 1 saturated heterocycles. The second-order valence-corrected chi connectivity index (χ2v) is 6.65. The molecule has 0 saturated carbocycles. The van der Waals surface area contributed by atoms with E-state index in [0.717, 1.165) is 12.1 Å². The van der Waals surface area contributed by atoms with E-state index in [1.54, 1.807) is 30.2 Å². The fraction of sp³-hybridized carbons (Fsp3) is 0.450. The van der Waals surface area contributed by atoms with Crippen molar-refractivity contribution < 1.29 is 18.8 Å². The van der Waals surface area contributed by atoms with Gasteiger partial charge in [-0.15, -0.1) is 0 Å². The van der Waals surface area contributed by atoms with E-state index in [0.29, 0.717) is 49.5 Å². The molecule has 1 fully saturated rings. The number of carbonyl (C=O) groups is 2. The van der Waals surface area contributed by atoms with E-state index in [-0.39, 0.29) is 17.7 Å². The van der Waals surface area contributed by atoms with Crippen molar-refractivity contribution in [1.82, 2.24) is 15.4 Å². The number of likely N-dealkylation sites (tertiary alicyclic amines) is 1. The Bertz CT molecular complexity index is 794. The summed E-state index contributed by atoms with van der Waals surface area (Å²) in [5.41, 5.74) is 1.48. The average molecular weight is 371 g/mol. The molecule has 1 N–H and O–H groups in total. The first-order valence-electron chi connectivity index (χ1n) is 9.26. The molecule has 0 spiro atoms. The molecule has 1 aliphatic heterocycles. The van der Waals surface area contributed by atoms with Gasteiger partial charge < -0.3 is 19.5 Å². The number of benzene rings is 1. The average Bonchev–Trinajstić information content (AvgIpc) is 3.19. The van der Waals surface area contributed by atoms with Gasteiger partial charge in [-0.2, -0.15) is 0 Å². The number of ether oxygens (including phenoxy) is 1. The highest BCUT2D eigenvalue weighted by molar-refractivity contribution is 5.94. The first-order valence-corrected chi connectivity index (χ1v) is 9.26. The first kappa shape index (κ1) is 18.9. The van der Waals surface area contributed by atoms with Crippen molar-refractivity contribution in [3.05, 3.63) is 47.3 Å². The summed E-state index contributed by atoms with van der Waals surface area (Å²) >= 11 is 0. The summed E-state index contributed by atoms with van der Waals surface area (Å²) in [5, 5.41) is 6.82.